The number of aliphatic hydroxyl groups is 1. The van der Waals surface area contributed by atoms with Crippen molar-refractivity contribution in [2.24, 2.45) is 5.92 Å². The maximum atomic E-state index is 13.4. The Morgan fingerprint density at radius 2 is 1.75 bits per heavy atom. The molecule has 0 aliphatic heterocycles. The van der Waals surface area contributed by atoms with Gasteiger partial charge in [0.25, 0.3) is 0 Å². The fourth-order valence-corrected chi connectivity index (χ4v) is 2.03. The second-order valence-corrected chi connectivity index (χ2v) is 4.97. The Labute approximate surface area is 95.1 Å². The van der Waals surface area contributed by atoms with Crippen molar-refractivity contribution in [2.75, 3.05) is 0 Å². The molecule has 0 aromatic heterocycles. The van der Waals surface area contributed by atoms with Crippen molar-refractivity contribution >= 4 is 0 Å². The number of halogens is 2. The zero-order valence-corrected chi connectivity index (χ0v) is 9.93. The van der Waals surface area contributed by atoms with Crippen LogP contribution in [-0.4, -0.2) is 10.7 Å². The summed E-state index contributed by atoms with van der Waals surface area (Å²) < 4.78 is 26.7. The summed E-state index contributed by atoms with van der Waals surface area (Å²) in [6.07, 6.45) is 0.518. The minimum Gasteiger partial charge on any atom is -0.390 e. The molecule has 1 unspecified atom stereocenters. The van der Waals surface area contributed by atoms with Gasteiger partial charge in [-0.05, 0) is 31.4 Å². The summed E-state index contributed by atoms with van der Waals surface area (Å²) in [6.45, 7) is 5.54. The van der Waals surface area contributed by atoms with Crippen molar-refractivity contribution in [3.05, 3.63) is 35.4 Å². The fraction of sp³-hybridized carbons (Fsp3) is 0.538. The molecule has 16 heavy (non-hydrogen) atoms. The van der Waals surface area contributed by atoms with E-state index in [-0.39, 0.29) is 17.9 Å². The molecule has 90 valence electrons. The van der Waals surface area contributed by atoms with Crippen LogP contribution in [-0.2, 0) is 6.42 Å². The zero-order chi connectivity index (χ0) is 12.3. The van der Waals surface area contributed by atoms with Gasteiger partial charge in [-0.15, -0.1) is 0 Å². The van der Waals surface area contributed by atoms with Gasteiger partial charge in [0.05, 0.1) is 5.60 Å². The van der Waals surface area contributed by atoms with Crippen LogP contribution in [0.4, 0.5) is 8.78 Å². The molecule has 1 rings (SSSR count). The summed E-state index contributed by atoms with van der Waals surface area (Å²) in [5.74, 6) is -0.905. The Kier molecular flexibility index (Phi) is 4.03. The molecule has 0 bridgehead atoms. The normalized spacial score (nSPS) is 15.2. The molecule has 0 saturated carbocycles. The molecule has 3 heteroatoms. The van der Waals surface area contributed by atoms with Crippen molar-refractivity contribution in [1.29, 1.82) is 0 Å². The minimum atomic E-state index is -1.07. The van der Waals surface area contributed by atoms with Gasteiger partial charge in [-0.2, -0.15) is 0 Å². The third kappa shape index (κ3) is 3.56. The summed E-state index contributed by atoms with van der Waals surface area (Å²) in [6, 6.07) is 3.75. The third-order valence-electron chi connectivity index (χ3n) is 2.47. The van der Waals surface area contributed by atoms with E-state index < -0.39 is 17.2 Å². The lowest BCUT2D eigenvalue weighted by Crippen LogP contribution is -2.30. The van der Waals surface area contributed by atoms with Gasteiger partial charge < -0.3 is 5.11 Å². The molecule has 1 nitrogen and oxygen atoms in total. The maximum absolute atomic E-state index is 13.4. The highest BCUT2D eigenvalue weighted by Crippen LogP contribution is 2.24. The summed E-state index contributed by atoms with van der Waals surface area (Å²) in [5, 5.41) is 10.1. The number of benzene rings is 1. The molecule has 1 aromatic rings. The standard InChI is InChI=1S/C13H18F2O/c1-9(2)7-13(3,16)8-10-11(14)5-4-6-12(10)15/h4-6,9,16H,7-8H2,1-3H3. The zero-order valence-electron chi connectivity index (χ0n) is 9.93. The van der Waals surface area contributed by atoms with E-state index in [9.17, 15) is 13.9 Å². The minimum absolute atomic E-state index is 0.00366. The first-order valence-electron chi connectivity index (χ1n) is 5.47. The lowest BCUT2D eigenvalue weighted by atomic mass is 9.88. The van der Waals surface area contributed by atoms with Gasteiger partial charge in [-0.25, -0.2) is 8.78 Å². The monoisotopic (exact) mass is 228 g/mol. The summed E-state index contributed by atoms with van der Waals surface area (Å²) >= 11 is 0. The van der Waals surface area contributed by atoms with E-state index in [0.29, 0.717) is 6.42 Å². The number of rotatable bonds is 4. The van der Waals surface area contributed by atoms with Gasteiger partial charge >= 0.3 is 0 Å². The number of hydrogen-bond acceptors (Lipinski definition) is 1. The van der Waals surface area contributed by atoms with Crippen LogP contribution in [0, 0.1) is 17.6 Å². The SMILES string of the molecule is CC(C)CC(C)(O)Cc1c(F)cccc1F. The van der Waals surface area contributed by atoms with Crippen molar-refractivity contribution < 1.29 is 13.9 Å². The van der Waals surface area contributed by atoms with Crippen LogP contribution in [0.3, 0.4) is 0 Å². The average Bonchev–Trinajstić information content (AvgIpc) is 2.09. The van der Waals surface area contributed by atoms with Crippen LogP contribution in [0.15, 0.2) is 18.2 Å². The predicted octanol–water partition coefficient (Wildman–Crippen LogP) is 3.30. The molecule has 0 saturated heterocycles. The molecule has 1 aromatic carbocycles. The van der Waals surface area contributed by atoms with Crippen molar-refractivity contribution in [3.63, 3.8) is 0 Å². The molecular formula is C13H18F2O. The van der Waals surface area contributed by atoms with Crippen molar-refractivity contribution in [2.45, 2.75) is 39.2 Å². The molecule has 1 N–H and O–H groups in total. The van der Waals surface area contributed by atoms with Gasteiger partial charge in [-0.1, -0.05) is 19.9 Å². The molecule has 0 radical (unpaired) electrons. The highest BCUT2D eigenvalue weighted by atomic mass is 19.1. The molecule has 0 aliphatic carbocycles. The van der Waals surface area contributed by atoms with Crippen LogP contribution in [0.5, 0.6) is 0 Å². The van der Waals surface area contributed by atoms with Gasteiger partial charge in [0.15, 0.2) is 0 Å². The van der Waals surface area contributed by atoms with Crippen LogP contribution in [0.25, 0.3) is 0 Å². The van der Waals surface area contributed by atoms with Crippen molar-refractivity contribution in [1.82, 2.24) is 0 Å². The number of hydrogen-bond donors (Lipinski definition) is 1. The topological polar surface area (TPSA) is 20.2 Å². The van der Waals surface area contributed by atoms with Gasteiger partial charge in [0.1, 0.15) is 11.6 Å². The van der Waals surface area contributed by atoms with E-state index in [1.807, 2.05) is 13.8 Å². The maximum Gasteiger partial charge on any atom is 0.129 e. The first kappa shape index (κ1) is 13.1. The Morgan fingerprint density at radius 3 is 2.19 bits per heavy atom. The van der Waals surface area contributed by atoms with Crippen LogP contribution in [0.2, 0.25) is 0 Å². The highest BCUT2D eigenvalue weighted by molar-refractivity contribution is 5.21. The molecular weight excluding hydrogens is 210 g/mol. The highest BCUT2D eigenvalue weighted by Gasteiger charge is 2.25. The molecule has 0 heterocycles. The second kappa shape index (κ2) is 4.91. The first-order valence-corrected chi connectivity index (χ1v) is 5.47. The van der Waals surface area contributed by atoms with E-state index in [2.05, 4.69) is 0 Å². The molecule has 0 spiro atoms. The third-order valence-corrected chi connectivity index (χ3v) is 2.47. The Balaban J connectivity index is 2.87. The van der Waals surface area contributed by atoms with E-state index in [4.69, 9.17) is 0 Å². The Bertz CT molecular complexity index is 339. The van der Waals surface area contributed by atoms with Gasteiger partial charge in [0.2, 0.25) is 0 Å². The molecule has 0 amide bonds. The smallest absolute Gasteiger partial charge is 0.129 e. The largest absolute Gasteiger partial charge is 0.390 e. The lowest BCUT2D eigenvalue weighted by Gasteiger charge is -2.25. The van der Waals surface area contributed by atoms with Gasteiger partial charge in [0, 0.05) is 12.0 Å². The molecule has 0 aliphatic rings. The summed E-state index contributed by atoms with van der Waals surface area (Å²) in [7, 11) is 0. The fourth-order valence-electron chi connectivity index (χ4n) is 2.03. The lowest BCUT2D eigenvalue weighted by molar-refractivity contribution is 0.0371. The van der Waals surface area contributed by atoms with Crippen LogP contribution < -0.4 is 0 Å². The Morgan fingerprint density at radius 1 is 1.25 bits per heavy atom. The molecule has 1 atom stereocenters. The second-order valence-electron chi connectivity index (χ2n) is 4.97. The quantitative estimate of drug-likeness (QED) is 0.838. The Hall–Kier alpha value is -0.960. The van der Waals surface area contributed by atoms with E-state index in [1.54, 1.807) is 6.92 Å². The summed E-state index contributed by atoms with van der Waals surface area (Å²) in [5.41, 5.74) is -1.11. The first-order chi connectivity index (χ1) is 7.32. The van der Waals surface area contributed by atoms with Gasteiger partial charge in [-0.3, -0.25) is 0 Å². The van der Waals surface area contributed by atoms with Crippen LogP contribution in [0.1, 0.15) is 32.8 Å². The van der Waals surface area contributed by atoms with E-state index in [1.165, 1.54) is 18.2 Å². The van der Waals surface area contributed by atoms with E-state index in [0.717, 1.165) is 0 Å². The van der Waals surface area contributed by atoms with Crippen LogP contribution >= 0.6 is 0 Å². The predicted molar refractivity (Wildman–Crippen MR) is 60.1 cm³/mol. The van der Waals surface area contributed by atoms with Crippen molar-refractivity contribution in [3.8, 4) is 0 Å². The van der Waals surface area contributed by atoms with E-state index >= 15 is 0 Å². The molecule has 0 fully saturated rings. The average molecular weight is 228 g/mol. The summed E-state index contributed by atoms with van der Waals surface area (Å²) in [4.78, 5) is 0.